The van der Waals surface area contributed by atoms with Crippen molar-refractivity contribution in [2.75, 3.05) is 0 Å². The van der Waals surface area contributed by atoms with E-state index in [1.54, 1.807) is 6.07 Å². The Morgan fingerprint density at radius 1 is 1.27 bits per heavy atom. The van der Waals surface area contributed by atoms with Gasteiger partial charge in [-0.05, 0) is 24.8 Å². The average molecular weight is 473 g/mol. The summed E-state index contributed by atoms with van der Waals surface area (Å²) in [5.74, 6) is -0.0891. The van der Waals surface area contributed by atoms with Crippen molar-refractivity contribution in [3.8, 4) is 17.1 Å². The normalized spacial score (nSPS) is 16.3. The number of hydrogen-bond donors (Lipinski definition) is 0. The molecule has 0 fully saturated rings. The largest absolute Gasteiger partial charge is 0.340 e. The Labute approximate surface area is 155 Å². The summed E-state index contributed by atoms with van der Waals surface area (Å²) in [5.41, 5.74) is -0.573. The number of imidazole rings is 1. The molecule has 3 aromatic rings. The molecular weight excluding hydrogens is 450 g/mol. The van der Waals surface area contributed by atoms with Crippen molar-refractivity contribution in [2.45, 2.75) is 13.7 Å². The molecular formula is C18H14IrN3-. The second kappa shape index (κ2) is 6.70. The summed E-state index contributed by atoms with van der Waals surface area (Å²) in [6.45, 7) is 1.98. The fourth-order valence-electron chi connectivity index (χ4n) is 2.05. The van der Waals surface area contributed by atoms with Crippen LogP contribution in [0.25, 0.3) is 21.9 Å². The quantitative estimate of drug-likeness (QED) is 0.504. The van der Waals surface area contributed by atoms with Gasteiger partial charge in [-0.25, -0.2) is 4.85 Å². The smallest absolute Gasteiger partial charge is 0.170 e. The third kappa shape index (κ3) is 2.74. The van der Waals surface area contributed by atoms with Gasteiger partial charge in [-0.2, -0.15) is 0 Å². The molecule has 1 radical (unpaired) electrons. The Morgan fingerprint density at radius 3 is 2.73 bits per heavy atom. The second-order valence-electron chi connectivity index (χ2n) is 4.24. The molecule has 0 N–H and O–H groups in total. The molecule has 0 aliphatic rings. The topological polar surface area (TPSA) is 22.2 Å². The van der Waals surface area contributed by atoms with Crippen LogP contribution >= 0.6 is 0 Å². The minimum absolute atomic E-state index is 0. The van der Waals surface area contributed by atoms with Crippen LogP contribution in [-0.4, -0.2) is 9.55 Å². The van der Waals surface area contributed by atoms with Gasteiger partial charge < -0.3 is 4.57 Å². The maximum atomic E-state index is 8.29. The first-order valence-electron chi connectivity index (χ1n) is 10.1. The van der Waals surface area contributed by atoms with Crippen molar-refractivity contribution in [1.29, 1.82) is 0 Å². The van der Waals surface area contributed by atoms with Crippen LogP contribution in [0.4, 0.5) is 5.69 Å². The minimum Gasteiger partial charge on any atom is -0.340 e. The van der Waals surface area contributed by atoms with Gasteiger partial charge >= 0.3 is 0 Å². The maximum absolute atomic E-state index is 8.29. The summed E-state index contributed by atoms with van der Waals surface area (Å²) in [5, 5.41) is 0. The van der Waals surface area contributed by atoms with Gasteiger partial charge in [0.1, 0.15) is 0 Å². The van der Waals surface area contributed by atoms with E-state index in [0.29, 0.717) is 0 Å². The molecule has 0 atom stereocenters. The summed E-state index contributed by atoms with van der Waals surface area (Å²) >= 11 is 0. The predicted octanol–water partition coefficient (Wildman–Crippen LogP) is 4.50. The van der Waals surface area contributed by atoms with Crippen molar-refractivity contribution in [3.63, 3.8) is 0 Å². The number of hydrogen-bond acceptors (Lipinski definition) is 1. The SMILES string of the molecule is [2H]c1nc(-c2[c-]cccc2[N+]#[C-])n(-c2c(C([2H])([2H])[2H])cccc2C([2H])([2H])[2H])c1[2H].[Ir]. The van der Waals surface area contributed by atoms with E-state index in [-0.39, 0.29) is 54.0 Å². The zero-order valence-electron chi connectivity index (χ0n) is 19.1. The molecule has 4 heteroatoms. The van der Waals surface area contributed by atoms with Gasteiger partial charge in [0.25, 0.3) is 0 Å². The van der Waals surface area contributed by atoms with Crippen LogP contribution in [-0.2, 0) is 20.1 Å². The van der Waals surface area contributed by atoms with Gasteiger partial charge in [-0.15, -0.1) is 18.2 Å². The summed E-state index contributed by atoms with van der Waals surface area (Å²) in [7, 11) is 0. The molecule has 0 saturated heterocycles. The average Bonchev–Trinajstić information content (AvgIpc) is 2.94. The molecule has 0 amide bonds. The van der Waals surface area contributed by atoms with E-state index in [1.165, 1.54) is 30.3 Å². The first kappa shape index (κ1) is 8.43. The van der Waals surface area contributed by atoms with E-state index in [1.807, 2.05) is 0 Å². The van der Waals surface area contributed by atoms with Crippen LogP contribution in [0.2, 0.25) is 0 Å². The number of rotatable bonds is 2. The maximum Gasteiger partial charge on any atom is 0.170 e. The molecule has 0 unspecified atom stereocenters. The van der Waals surface area contributed by atoms with Crippen LogP contribution in [0.1, 0.15) is 22.1 Å². The predicted molar refractivity (Wildman–Crippen MR) is 83.6 cm³/mol. The third-order valence-electron chi connectivity index (χ3n) is 2.97. The van der Waals surface area contributed by atoms with Crippen molar-refractivity contribution in [3.05, 3.63) is 77.4 Å². The van der Waals surface area contributed by atoms with E-state index in [0.717, 1.165) is 4.57 Å². The molecule has 0 saturated carbocycles. The van der Waals surface area contributed by atoms with Gasteiger partial charge in [-0.1, -0.05) is 29.8 Å². The van der Waals surface area contributed by atoms with E-state index in [2.05, 4.69) is 15.9 Å². The van der Waals surface area contributed by atoms with Gasteiger partial charge in [-0.3, -0.25) is 4.98 Å². The van der Waals surface area contributed by atoms with E-state index in [9.17, 15) is 0 Å². The van der Waals surface area contributed by atoms with Gasteiger partial charge in [0.15, 0.2) is 5.69 Å². The third-order valence-corrected chi connectivity index (χ3v) is 2.97. The summed E-state index contributed by atoms with van der Waals surface area (Å²) in [6, 6.07) is 11.3. The van der Waals surface area contributed by atoms with Crippen LogP contribution < -0.4 is 0 Å². The number of nitrogens with zero attached hydrogens (tertiary/aromatic N) is 3. The van der Waals surface area contributed by atoms with Crippen molar-refractivity contribution in [2.24, 2.45) is 0 Å². The van der Waals surface area contributed by atoms with E-state index >= 15 is 0 Å². The molecule has 1 heterocycles. The molecule has 0 spiro atoms. The number of aromatic nitrogens is 2. The second-order valence-corrected chi connectivity index (χ2v) is 4.24. The molecule has 0 aliphatic carbocycles. The zero-order valence-corrected chi connectivity index (χ0v) is 13.5. The Kier molecular flexibility index (Phi) is 2.57. The number of aryl methyl sites for hydroxylation is 2. The van der Waals surface area contributed by atoms with Crippen molar-refractivity contribution < 1.29 is 31.1 Å². The summed E-state index contributed by atoms with van der Waals surface area (Å²) in [6.07, 6.45) is -0.972. The van der Waals surface area contributed by atoms with Crippen LogP contribution in [0.15, 0.2) is 48.7 Å². The molecule has 0 bridgehead atoms. The Hall–Kier alpha value is -2.21. The van der Waals surface area contributed by atoms with Crippen molar-refractivity contribution >= 4 is 5.69 Å². The molecule has 111 valence electrons. The van der Waals surface area contributed by atoms with Gasteiger partial charge in [0.2, 0.25) is 0 Å². The standard InChI is InChI=1S/C18H14N3.Ir/c1-13-7-6-8-14(2)17(13)21-12-11-20-18(21)15-9-4-5-10-16(15)19-3;/h4-8,10-12H,1-2H3;/q-1;/i1D3,2D3,11D,12D;. The minimum atomic E-state index is -2.68. The van der Waals surface area contributed by atoms with Gasteiger partial charge in [0, 0.05) is 46.4 Å². The van der Waals surface area contributed by atoms with Crippen LogP contribution in [0.3, 0.4) is 0 Å². The summed E-state index contributed by atoms with van der Waals surface area (Å²) in [4.78, 5) is 7.40. The summed E-state index contributed by atoms with van der Waals surface area (Å²) < 4.78 is 64.3. The first-order valence-corrected chi connectivity index (χ1v) is 6.05. The van der Waals surface area contributed by atoms with Crippen LogP contribution in [0, 0.1) is 26.3 Å². The first-order chi connectivity index (χ1) is 13.5. The van der Waals surface area contributed by atoms with Crippen LogP contribution in [0.5, 0.6) is 0 Å². The van der Waals surface area contributed by atoms with E-state index < -0.39 is 26.0 Å². The Morgan fingerprint density at radius 2 is 2.05 bits per heavy atom. The molecule has 1 aromatic heterocycles. The molecule has 0 aliphatic heterocycles. The molecule has 3 nitrogen and oxygen atoms in total. The Bertz CT molecular complexity index is 1090. The molecule has 2 aromatic carbocycles. The van der Waals surface area contributed by atoms with Gasteiger partial charge in [0.05, 0.1) is 15.1 Å². The fourth-order valence-corrected chi connectivity index (χ4v) is 2.05. The zero-order chi connectivity index (χ0) is 21.6. The fraction of sp³-hybridized carbons (Fsp3) is 0.111. The molecule has 3 rings (SSSR count). The van der Waals surface area contributed by atoms with Crippen molar-refractivity contribution in [1.82, 2.24) is 9.55 Å². The Balaban J connectivity index is 0.00000320. The van der Waals surface area contributed by atoms with E-state index in [4.69, 9.17) is 17.5 Å². The monoisotopic (exact) mass is 473 g/mol. The number of para-hydroxylation sites is 1. The number of benzene rings is 2. The molecule has 22 heavy (non-hydrogen) atoms.